The van der Waals surface area contributed by atoms with Gasteiger partial charge in [0.2, 0.25) is 5.91 Å². The first kappa shape index (κ1) is 31.7. The van der Waals surface area contributed by atoms with Gasteiger partial charge in [-0.05, 0) is 50.2 Å². The lowest BCUT2D eigenvalue weighted by Crippen LogP contribution is -2.58. The molecule has 0 spiro atoms. The van der Waals surface area contributed by atoms with Gasteiger partial charge in [-0.2, -0.15) is 13.2 Å². The van der Waals surface area contributed by atoms with Crippen molar-refractivity contribution in [2.75, 3.05) is 13.1 Å². The molecule has 1 aliphatic rings. The van der Waals surface area contributed by atoms with Crippen molar-refractivity contribution in [2.45, 2.75) is 71.6 Å². The van der Waals surface area contributed by atoms with Crippen molar-refractivity contribution >= 4 is 35.5 Å². The second-order valence-electron chi connectivity index (χ2n) is 11.3. The first-order chi connectivity index (χ1) is 17.4. The summed E-state index contributed by atoms with van der Waals surface area (Å²) < 4.78 is 57.0. The van der Waals surface area contributed by atoms with Crippen molar-refractivity contribution in [3.8, 4) is 0 Å². The lowest BCUT2D eigenvalue weighted by atomic mass is 9.74. The molecule has 1 aromatic rings. The number of hydrogen-bond donors (Lipinski definition) is 3. The zero-order valence-electron chi connectivity index (χ0n) is 21.8. The molecule has 0 radical (unpaired) electrons. The van der Waals surface area contributed by atoms with Crippen LogP contribution in [0, 0.1) is 28.0 Å². The predicted molar refractivity (Wildman–Crippen MR) is 135 cm³/mol. The van der Waals surface area contributed by atoms with Crippen molar-refractivity contribution in [3.63, 3.8) is 0 Å². The van der Waals surface area contributed by atoms with Gasteiger partial charge in [0.1, 0.15) is 11.9 Å². The van der Waals surface area contributed by atoms with Crippen LogP contribution >= 0.6 is 11.6 Å². The van der Waals surface area contributed by atoms with Crippen LogP contribution in [0.3, 0.4) is 0 Å². The highest BCUT2D eigenvalue weighted by Gasteiger charge is 2.50. The Labute approximate surface area is 224 Å². The van der Waals surface area contributed by atoms with Gasteiger partial charge >= 0.3 is 12.1 Å². The number of hydrogen-bond acceptors (Lipinski definition) is 5. The maximum absolute atomic E-state index is 14.3. The molecule has 0 aliphatic heterocycles. The molecule has 7 nitrogen and oxygen atoms in total. The monoisotopic (exact) mass is 563 g/mol. The Balaban J connectivity index is 2.34. The van der Waals surface area contributed by atoms with E-state index in [1.165, 1.54) is 12.1 Å². The number of amides is 1. The first-order valence-electron chi connectivity index (χ1n) is 12.2. The Bertz CT molecular complexity index is 1030. The molecular weight excluding hydrogens is 530 g/mol. The van der Waals surface area contributed by atoms with Crippen molar-refractivity contribution in [1.82, 2.24) is 10.2 Å². The maximum Gasteiger partial charge on any atom is 0.405 e. The molecule has 12 heteroatoms. The number of alkyl halides is 3. The first-order valence-corrected chi connectivity index (χ1v) is 12.6. The number of nitrogens with one attached hydrogen (secondary N) is 2. The normalized spacial score (nSPS) is 21.9. The Kier molecular flexibility index (Phi) is 10.1. The van der Waals surface area contributed by atoms with E-state index >= 15 is 0 Å². The van der Waals surface area contributed by atoms with Gasteiger partial charge in [0.05, 0.1) is 28.5 Å². The molecule has 2 atom stereocenters. The summed E-state index contributed by atoms with van der Waals surface area (Å²) in [5, 5.41) is 19.4. The Hall–Kier alpha value is -2.53. The van der Waals surface area contributed by atoms with Crippen LogP contribution in [0.4, 0.5) is 17.6 Å². The lowest BCUT2D eigenvalue weighted by molar-refractivity contribution is -0.173. The van der Waals surface area contributed by atoms with Gasteiger partial charge in [0.15, 0.2) is 5.78 Å². The highest BCUT2D eigenvalue weighted by Crippen LogP contribution is 2.37. The number of nitrogens with zero attached hydrogens (tertiary/aromatic N) is 1. The van der Waals surface area contributed by atoms with Crippen molar-refractivity contribution < 1.29 is 37.1 Å². The minimum atomic E-state index is -4.93. The van der Waals surface area contributed by atoms with Gasteiger partial charge in [0.25, 0.3) is 0 Å². The summed E-state index contributed by atoms with van der Waals surface area (Å²) in [6, 6.07) is 0.428. The third kappa shape index (κ3) is 7.99. The molecule has 1 aliphatic carbocycles. The number of ketones is 1. The Morgan fingerprint density at radius 3 is 2.26 bits per heavy atom. The van der Waals surface area contributed by atoms with E-state index in [-0.39, 0.29) is 37.3 Å². The highest BCUT2D eigenvalue weighted by molar-refractivity contribution is 6.34. The number of carboxylic acids is 1. The number of rotatable bonds is 10. The van der Waals surface area contributed by atoms with Crippen LogP contribution in [-0.2, 0) is 9.59 Å². The quantitative estimate of drug-likeness (QED) is 0.202. The second kappa shape index (κ2) is 12.1. The zero-order chi connectivity index (χ0) is 29.1. The summed E-state index contributed by atoms with van der Waals surface area (Å²) in [7, 11) is 0. The highest BCUT2D eigenvalue weighted by atomic mass is 35.5. The SMILES string of the molecule is CC(C)(C)CN(CC(=O)c1c(F)cccc1Cl)C(=O)C(C=N)C(NC1CCC(C)(C(=O)O)CC1)C(F)(F)F. The van der Waals surface area contributed by atoms with E-state index < -0.39 is 70.6 Å². The smallest absolute Gasteiger partial charge is 0.405 e. The van der Waals surface area contributed by atoms with E-state index in [0.717, 1.165) is 11.0 Å². The summed E-state index contributed by atoms with van der Waals surface area (Å²) in [5.74, 6) is -5.94. The van der Waals surface area contributed by atoms with Gasteiger partial charge in [-0.25, -0.2) is 4.39 Å². The van der Waals surface area contributed by atoms with Crippen LogP contribution in [0.25, 0.3) is 0 Å². The largest absolute Gasteiger partial charge is 0.481 e. The third-order valence-corrected chi connectivity index (χ3v) is 7.07. The summed E-state index contributed by atoms with van der Waals surface area (Å²) >= 11 is 5.97. The van der Waals surface area contributed by atoms with Crippen LogP contribution in [-0.4, -0.2) is 65.2 Å². The van der Waals surface area contributed by atoms with Gasteiger partial charge in [0, 0.05) is 18.8 Å². The van der Waals surface area contributed by atoms with E-state index in [1.807, 2.05) is 0 Å². The number of carboxylic acid groups (broad SMARTS) is 1. The number of aliphatic carboxylic acids is 1. The molecule has 2 unspecified atom stereocenters. The van der Waals surface area contributed by atoms with Crippen LogP contribution in [0.15, 0.2) is 18.2 Å². The minimum absolute atomic E-state index is 0.140. The van der Waals surface area contributed by atoms with E-state index in [0.29, 0.717) is 6.21 Å². The van der Waals surface area contributed by atoms with E-state index in [2.05, 4.69) is 5.32 Å². The van der Waals surface area contributed by atoms with Gasteiger partial charge in [-0.1, -0.05) is 38.4 Å². The van der Waals surface area contributed by atoms with Gasteiger partial charge in [-0.15, -0.1) is 0 Å². The van der Waals surface area contributed by atoms with Crippen LogP contribution in [0.2, 0.25) is 5.02 Å². The fourth-order valence-electron chi connectivity index (χ4n) is 4.61. The third-order valence-electron chi connectivity index (χ3n) is 6.75. The molecule has 1 fully saturated rings. The predicted octanol–water partition coefficient (Wildman–Crippen LogP) is 5.36. The average Bonchev–Trinajstić information content (AvgIpc) is 2.78. The van der Waals surface area contributed by atoms with Crippen molar-refractivity contribution in [3.05, 3.63) is 34.6 Å². The molecule has 0 saturated heterocycles. The number of benzene rings is 1. The molecule has 0 aromatic heterocycles. The van der Waals surface area contributed by atoms with Crippen LogP contribution in [0.5, 0.6) is 0 Å². The van der Waals surface area contributed by atoms with Crippen molar-refractivity contribution in [1.29, 1.82) is 5.41 Å². The molecule has 38 heavy (non-hydrogen) atoms. The second-order valence-corrected chi connectivity index (χ2v) is 11.7. The molecule has 0 bridgehead atoms. The standard InChI is InChI=1S/C26H34ClF4N3O4/c1-24(2,3)14-34(13-19(35)20-17(27)6-5-7-18(20)28)22(36)16(12-32)21(26(29,30)31)33-15-8-10-25(4,11-9-15)23(37)38/h5-7,12,15-16,21,32-33H,8-11,13-14H2,1-4H3,(H,37,38). The fourth-order valence-corrected chi connectivity index (χ4v) is 4.88. The van der Waals surface area contributed by atoms with Gasteiger partial charge in [-0.3, -0.25) is 14.4 Å². The van der Waals surface area contributed by atoms with Crippen LogP contribution in [0.1, 0.15) is 63.7 Å². The number of halogens is 5. The van der Waals surface area contributed by atoms with Crippen LogP contribution < -0.4 is 5.32 Å². The summed E-state index contributed by atoms with van der Waals surface area (Å²) in [5.41, 5.74) is -2.16. The fraction of sp³-hybridized carbons (Fsp3) is 0.615. The molecule has 2 rings (SSSR count). The van der Waals surface area contributed by atoms with E-state index in [1.54, 1.807) is 27.7 Å². The Morgan fingerprint density at radius 2 is 1.82 bits per heavy atom. The molecule has 0 heterocycles. The zero-order valence-corrected chi connectivity index (χ0v) is 22.5. The molecule has 3 N–H and O–H groups in total. The summed E-state index contributed by atoms with van der Waals surface area (Å²) in [6.45, 7) is 5.82. The Morgan fingerprint density at radius 1 is 1.24 bits per heavy atom. The molecule has 1 amide bonds. The summed E-state index contributed by atoms with van der Waals surface area (Å²) in [4.78, 5) is 38.8. The minimum Gasteiger partial charge on any atom is -0.481 e. The number of carbonyl (C=O) groups excluding carboxylic acids is 2. The number of Topliss-reactive ketones (excluding diaryl/α,β-unsaturated/α-hetero) is 1. The number of carbonyl (C=O) groups is 3. The van der Waals surface area contributed by atoms with E-state index in [4.69, 9.17) is 17.0 Å². The van der Waals surface area contributed by atoms with Gasteiger partial charge < -0.3 is 20.7 Å². The summed E-state index contributed by atoms with van der Waals surface area (Å²) in [6.07, 6.45) is -3.94. The topological polar surface area (TPSA) is 111 Å². The average molecular weight is 564 g/mol. The molecule has 1 aromatic carbocycles. The van der Waals surface area contributed by atoms with Crippen molar-refractivity contribution in [2.24, 2.45) is 16.7 Å². The molecule has 212 valence electrons. The molecule has 1 saturated carbocycles. The lowest BCUT2D eigenvalue weighted by Gasteiger charge is -2.39. The van der Waals surface area contributed by atoms with E-state index in [9.17, 15) is 37.1 Å². The molecular formula is C26H34ClF4N3O4. The maximum atomic E-state index is 14.3.